The molecule has 0 radical (unpaired) electrons. The van der Waals surface area contributed by atoms with Gasteiger partial charge in [-0.15, -0.1) is 0 Å². The van der Waals surface area contributed by atoms with E-state index in [1.807, 2.05) is 18.2 Å². The number of benzene rings is 7. The summed E-state index contributed by atoms with van der Waals surface area (Å²) >= 11 is 0. The summed E-state index contributed by atoms with van der Waals surface area (Å²) in [6.07, 6.45) is 0. The van der Waals surface area contributed by atoms with Gasteiger partial charge in [0.2, 0.25) is 0 Å². The number of para-hydroxylation sites is 2. The molecule has 1 aliphatic heterocycles. The van der Waals surface area contributed by atoms with Gasteiger partial charge in [-0.1, -0.05) is 146 Å². The highest BCUT2D eigenvalue weighted by Crippen LogP contribution is 2.62. The van der Waals surface area contributed by atoms with Crippen molar-refractivity contribution in [3.8, 4) is 56.4 Å². The number of aromatic nitrogens is 2. The maximum Gasteiger partial charge on any atom is 0.161 e. The molecule has 2 aliphatic rings. The molecular weight excluding hydrogens is 585 g/mol. The molecule has 0 N–H and O–H groups in total. The van der Waals surface area contributed by atoms with Gasteiger partial charge >= 0.3 is 0 Å². The summed E-state index contributed by atoms with van der Waals surface area (Å²) in [5, 5.41) is 1.04. The highest BCUT2D eigenvalue weighted by Gasteiger charge is 2.51. The Kier molecular flexibility index (Phi) is 5.79. The Bertz CT molecular complexity index is 2510. The van der Waals surface area contributed by atoms with Crippen molar-refractivity contribution >= 4 is 10.9 Å². The SMILES string of the molecule is c1ccc(-c2nc(-c3ccccc3-c3ccc4c(c3)C3(c5ccccc5O4)c4ccccc4-c4ccccc43)nc3ccccc23)cc1. The molecule has 3 heteroatoms. The Balaban J connectivity index is 1.23. The number of ether oxygens (including phenoxy) is 1. The van der Waals surface area contributed by atoms with E-state index in [1.165, 1.54) is 22.3 Å². The van der Waals surface area contributed by atoms with Gasteiger partial charge in [0, 0.05) is 27.6 Å². The maximum atomic E-state index is 6.69. The van der Waals surface area contributed by atoms with Crippen molar-refractivity contribution in [2.45, 2.75) is 5.41 Å². The van der Waals surface area contributed by atoms with E-state index in [2.05, 4.69) is 152 Å². The molecule has 1 aromatic heterocycles. The molecule has 1 spiro atoms. The highest BCUT2D eigenvalue weighted by atomic mass is 16.5. The molecule has 2 heterocycles. The van der Waals surface area contributed by atoms with Crippen LogP contribution in [-0.4, -0.2) is 9.97 Å². The van der Waals surface area contributed by atoms with Crippen LogP contribution in [0.1, 0.15) is 22.3 Å². The van der Waals surface area contributed by atoms with Gasteiger partial charge in [-0.3, -0.25) is 0 Å². The van der Waals surface area contributed by atoms with Gasteiger partial charge in [0.25, 0.3) is 0 Å². The molecule has 0 unspecified atom stereocenters. The van der Waals surface area contributed by atoms with Crippen molar-refractivity contribution in [1.29, 1.82) is 0 Å². The summed E-state index contributed by atoms with van der Waals surface area (Å²) < 4.78 is 6.69. The Morgan fingerprint density at radius 2 is 0.979 bits per heavy atom. The van der Waals surface area contributed by atoms with Crippen molar-refractivity contribution in [2.24, 2.45) is 0 Å². The van der Waals surface area contributed by atoms with Crippen molar-refractivity contribution in [2.75, 3.05) is 0 Å². The van der Waals surface area contributed by atoms with E-state index in [4.69, 9.17) is 14.7 Å². The number of nitrogens with zero attached hydrogens (tertiary/aromatic N) is 2. The minimum atomic E-state index is -0.526. The predicted octanol–water partition coefficient (Wildman–Crippen LogP) is 11.1. The average Bonchev–Trinajstić information content (AvgIpc) is 3.45. The summed E-state index contributed by atoms with van der Waals surface area (Å²) in [6.45, 7) is 0. The first-order valence-corrected chi connectivity index (χ1v) is 16.3. The van der Waals surface area contributed by atoms with Gasteiger partial charge in [0.1, 0.15) is 11.5 Å². The van der Waals surface area contributed by atoms with Crippen molar-refractivity contribution in [1.82, 2.24) is 9.97 Å². The molecule has 0 amide bonds. The summed E-state index contributed by atoms with van der Waals surface area (Å²) in [5.41, 5.74) is 12.9. The lowest BCUT2D eigenvalue weighted by molar-refractivity contribution is 0.436. The third-order valence-electron chi connectivity index (χ3n) is 9.98. The summed E-state index contributed by atoms with van der Waals surface area (Å²) in [7, 11) is 0. The first kappa shape index (κ1) is 26.9. The highest BCUT2D eigenvalue weighted by molar-refractivity contribution is 5.95. The minimum absolute atomic E-state index is 0.526. The van der Waals surface area contributed by atoms with Gasteiger partial charge in [-0.05, 0) is 57.6 Å². The lowest BCUT2D eigenvalue weighted by Gasteiger charge is -2.39. The monoisotopic (exact) mass is 612 g/mol. The van der Waals surface area contributed by atoms with E-state index < -0.39 is 5.41 Å². The Hall–Kier alpha value is -6.32. The number of rotatable bonds is 3. The van der Waals surface area contributed by atoms with Gasteiger partial charge in [-0.2, -0.15) is 0 Å². The van der Waals surface area contributed by atoms with Gasteiger partial charge < -0.3 is 4.74 Å². The Morgan fingerprint density at radius 3 is 1.75 bits per heavy atom. The first-order chi connectivity index (χ1) is 23.8. The Morgan fingerprint density at radius 1 is 0.396 bits per heavy atom. The van der Waals surface area contributed by atoms with Crippen molar-refractivity contribution < 1.29 is 4.74 Å². The summed E-state index contributed by atoms with van der Waals surface area (Å²) in [5.74, 6) is 2.46. The summed E-state index contributed by atoms with van der Waals surface area (Å²) in [6, 6.07) is 59.9. The molecule has 224 valence electrons. The van der Waals surface area contributed by atoms with Crippen LogP contribution in [0.4, 0.5) is 0 Å². The quantitative estimate of drug-likeness (QED) is 0.199. The molecule has 0 bridgehead atoms. The summed E-state index contributed by atoms with van der Waals surface area (Å²) in [4.78, 5) is 10.4. The molecule has 8 aromatic rings. The van der Waals surface area contributed by atoms with E-state index in [0.29, 0.717) is 5.82 Å². The molecule has 7 aromatic carbocycles. The fourth-order valence-electron chi connectivity index (χ4n) is 7.97. The van der Waals surface area contributed by atoms with Crippen molar-refractivity contribution in [3.63, 3.8) is 0 Å². The largest absolute Gasteiger partial charge is 0.457 e. The van der Waals surface area contributed by atoms with E-state index in [0.717, 1.165) is 61.5 Å². The van der Waals surface area contributed by atoms with E-state index in [9.17, 15) is 0 Å². The molecule has 0 fully saturated rings. The minimum Gasteiger partial charge on any atom is -0.457 e. The molecule has 1 aliphatic carbocycles. The molecular formula is C45H28N2O. The van der Waals surface area contributed by atoms with Crippen LogP contribution in [0.5, 0.6) is 11.5 Å². The van der Waals surface area contributed by atoms with E-state index in [1.54, 1.807) is 0 Å². The van der Waals surface area contributed by atoms with Crippen LogP contribution >= 0.6 is 0 Å². The smallest absolute Gasteiger partial charge is 0.161 e. The molecule has 0 atom stereocenters. The van der Waals surface area contributed by atoms with Gasteiger partial charge in [-0.25, -0.2) is 9.97 Å². The second-order valence-corrected chi connectivity index (χ2v) is 12.5. The third kappa shape index (κ3) is 3.76. The molecule has 0 saturated carbocycles. The lowest BCUT2D eigenvalue weighted by Crippen LogP contribution is -2.32. The van der Waals surface area contributed by atoms with E-state index >= 15 is 0 Å². The van der Waals surface area contributed by atoms with Crippen molar-refractivity contribution in [3.05, 3.63) is 192 Å². The normalized spacial score (nSPS) is 13.3. The Labute approximate surface area is 278 Å². The maximum absolute atomic E-state index is 6.69. The van der Waals surface area contributed by atoms with Crippen LogP contribution in [0, 0.1) is 0 Å². The van der Waals surface area contributed by atoms with Crippen LogP contribution in [0.25, 0.3) is 55.8 Å². The van der Waals surface area contributed by atoms with E-state index in [-0.39, 0.29) is 0 Å². The molecule has 48 heavy (non-hydrogen) atoms. The third-order valence-corrected chi connectivity index (χ3v) is 9.98. The second kappa shape index (κ2) is 10.3. The van der Waals surface area contributed by atoms with Crippen LogP contribution < -0.4 is 4.74 Å². The zero-order valence-electron chi connectivity index (χ0n) is 26.0. The molecule has 0 saturated heterocycles. The second-order valence-electron chi connectivity index (χ2n) is 12.5. The van der Waals surface area contributed by atoms with Crippen LogP contribution in [0.2, 0.25) is 0 Å². The fourth-order valence-corrected chi connectivity index (χ4v) is 7.97. The number of hydrogen-bond donors (Lipinski definition) is 0. The van der Waals surface area contributed by atoms with Crippen LogP contribution in [0.3, 0.4) is 0 Å². The zero-order chi connectivity index (χ0) is 31.7. The predicted molar refractivity (Wildman–Crippen MR) is 193 cm³/mol. The first-order valence-electron chi connectivity index (χ1n) is 16.3. The number of fused-ring (bicyclic) bond motifs is 10. The van der Waals surface area contributed by atoms with Gasteiger partial charge in [0.05, 0.1) is 16.6 Å². The zero-order valence-corrected chi connectivity index (χ0v) is 26.0. The fraction of sp³-hybridized carbons (Fsp3) is 0.0222. The molecule has 10 rings (SSSR count). The lowest BCUT2D eigenvalue weighted by atomic mass is 9.65. The topological polar surface area (TPSA) is 35.0 Å². The average molecular weight is 613 g/mol. The number of hydrogen-bond acceptors (Lipinski definition) is 3. The van der Waals surface area contributed by atoms with Gasteiger partial charge in [0.15, 0.2) is 5.82 Å². The standard InChI is InChI=1S/C45H28N2O/c1-2-14-29(15-3-1)43-35-20-8-12-24-40(35)46-44(47-43)34-19-5-4-16-31(34)30-26-27-42-39(28-30)45(38-23-11-13-25-41(38)48-42)36-21-9-6-17-32(36)33-18-7-10-22-37(33)45/h1-28H. The van der Waals surface area contributed by atoms with Crippen LogP contribution in [-0.2, 0) is 5.41 Å². The molecule has 3 nitrogen and oxygen atoms in total. The van der Waals surface area contributed by atoms with Crippen LogP contribution in [0.15, 0.2) is 170 Å².